The van der Waals surface area contributed by atoms with E-state index in [0.717, 1.165) is 17.2 Å². The number of nitrogens with two attached hydrogens (primary N) is 1. The molecule has 2 unspecified atom stereocenters. The lowest BCUT2D eigenvalue weighted by Gasteiger charge is -2.25. The first-order valence-electron chi connectivity index (χ1n) is 12.8. The summed E-state index contributed by atoms with van der Waals surface area (Å²) in [5.74, 6) is -0.238. The van der Waals surface area contributed by atoms with E-state index >= 15 is 4.39 Å². The summed E-state index contributed by atoms with van der Waals surface area (Å²) in [6.07, 6.45) is -7.69. The zero-order valence-corrected chi connectivity index (χ0v) is 23.7. The summed E-state index contributed by atoms with van der Waals surface area (Å²) in [5.41, 5.74) is 4.04. The molecule has 0 aliphatic carbocycles. The molecule has 0 radical (unpaired) electrons. The molecule has 9 atom stereocenters. The quantitative estimate of drug-likeness (QED) is 0.167. The van der Waals surface area contributed by atoms with Crippen LogP contribution in [0.1, 0.15) is 18.9 Å². The van der Waals surface area contributed by atoms with Crippen LogP contribution in [0.15, 0.2) is 28.6 Å². The molecule has 3 saturated heterocycles. The second-order valence-corrected chi connectivity index (χ2v) is 12.8. The SMILES string of the molecule is Nc1nc2c(ncn2[C@@H]2O[C@@H]3COP(=O)(O)O[C@H]4[C@@H](F)[C@H](n5cnc6c(=O)[nH]cnc65)O[C@@H]4COP(=O)(O)O[C@@H]2C3)c(=O)[nH]1. The van der Waals surface area contributed by atoms with Gasteiger partial charge in [0.25, 0.3) is 11.1 Å². The summed E-state index contributed by atoms with van der Waals surface area (Å²) < 4.78 is 76.5. The molecule has 0 amide bonds. The summed E-state index contributed by atoms with van der Waals surface area (Å²) in [6, 6.07) is 0. The molecule has 2 bridgehead atoms. The van der Waals surface area contributed by atoms with Gasteiger partial charge in [-0.2, -0.15) is 4.98 Å². The number of nitrogens with one attached hydrogen (secondary N) is 2. The molecule has 21 nitrogen and oxygen atoms in total. The lowest BCUT2D eigenvalue weighted by Crippen LogP contribution is -2.34. The van der Waals surface area contributed by atoms with E-state index in [9.17, 15) is 28.5 Å². The molecule has 0 spiro atoms. The van der Waals surface area contributed by atoms with Gasteiger partial charge in [-0.3, -0.25) is 41.8 Å². The minimum absolute atomic E-state index is 0.0388. The number of rotatable bonds is 2. The van der Waals surface area contributed by atoms with Crippen molar-refractivity contribution in [2.45, 2.75) is 49.5 Å². The molecule has 0 saturated carbocycles. The van der Waals surface area contributed by atoms with Gasteiger partial charge in [0, 0.05) is 6.42 Å². The number of ether oxygens (including phenoxy) is 2. The number of fused-ring (bicyclic) bond motifs is 5. The summed E-state index contributed by atoms with van der Waals surface area (Å²) in [7, 11) is -10.0. The molecular formula is C20H22FN9O12P2. The molecular weight excluding hydrogens is 639 g/mol. The normalized spacial score (nSPS) is 36.6. The third-order valence-corrected chi connectivity index (χ3v) is 9.12. The van der Waals surface area contributed by atoms with E-state index in [1.165, 1.54) is 10.9 Å². The highest BCUT2D eigenvalue weighted by Gasteiger charge is 2.52. The van der Waals surface area contributed by atoms with Crippen LogP contribution in [0.25, 0.3) is 22.3 Å². The zero-order valence-electron chi connectivity index (χ0n) is 21.9. The number of imidazole rings is 2. The Balaban J connectivity index is 1.19. The predicted octanol–water partition coefficient (Wildman–Crippen LogP) is -0.624. The van der Waals surface area contributed by atoms with Crippen LogP contribution in [-0.2, 0) is 36.7 Å². The van der Waals surface area contributed by atoms with Crippen LogP contribution in [0.3, 0.4) is 0 Å². The maximum absolute atomic E-state index is 15.8. The van der Waals surface area contributed by atoms with Crippen molar-refractivity contribution in [2.75, 3.05) is 18.9 Å². The van der Waals surface area contributed by atoms with Crippen molar-refractivity contribution in [1.82, 2.24) is 39.0 Å². The third-order valence-electron chi connectivity index (χ3n) is 7.13. The average Bonchev–Trinajstić information content (AvgIpc) is 3.72. The summed E-state index contributed by atoms with van der Waals surface area (Å²) in [4.78, 5) is 66.0. The Morgan fingerprint density at radius 1 is 0.909 bits per heavy atom. The van der Waals surface area contributed by atoms with Gasteiger partial charge in [0.2, 0.25) is 5.95 Å². The lowest BCUT2D eigenvalue weighted by atomic mass is 10.1. The van der Waals surface area contributed by atoms with Crippen molar-refractivity contribution >= 4 is 43.9 Å². The first-order valence-corrected chi connectivity index (χ1v) is 15.8. The number of nitrogens with zero attached hydrogens (tertiary/aromatic N) is 6. The van der Waals surface area contributed by atoms with Crippen molar-refractivity contribution in [3.63, 3.8) is 0 Å². The van der Waals surface area contributed by atoms with E-state index in [4.69, 9.17) is 33.3 Å². The number of nitrogen functional groups attached to an aromatic ring is 1. The highest BCUT2D eigenvalue weighted by molar-refractivity contribution is 7.47. The lowest BCUT2D eigenvalue weighted by molar-refractivity contribution is -0.0668. The number of alkyl halides is 1. The van der Waals surface area contributed by atoms with Gasteiger partial charge < -0.3 is 30.0 Å². The van der Waals surface area contributed by atoms with Crippen molar-refractivity contribution in [2.24, 2.45) is 0 Å². The molecule has 3 aliphatic rings. The number of aromatic nitrogens is 8. The number of aromatic amines is 2. The summed E-state index contributed by atoms with van der Waals surface area (Å²) in [6.45, 7) is -1.47. The van der Waals surface area contributed by atoms with E-state index in [1.54, 1.807) is 0 Å². The van der Waals surface area contributed by atoms with E-state index < -0.39 is 83.0 Å². The van der Waals surface area contributed by atoms with Crippen molar-refractivity contribution in [3.05, 3.63) is 39.7 Å². The van der Waals surface area contributed by atoms with E-state index in [1.807, 2.05) is 0 Å². The fourth-order valence-electron chi connectivity index (χ4n) is 5.25. The molecule has 4 aromatic rings. The predicted molar refractivity (Wildman–Crippen MR) is 139 cm³/mol. The molecule has 44 heavy (non-hydrogen) atoms. The summed E-state index contributed by atoms with van der Waals surface area (Å²) in [5, 5.41) is 0. The minimum atomic E-state index is -5.03. The van der Waals surface area contributed by atoms with Crippen LogP contribution >= 0.6 is 15.6 Å². The zero-order chi connectivity index (χ0) is 31.0. The van der Waals surface area contributed by atoms with Crippen LogP contribution in [0.5, 0.6) is 0 Å². The molecule has 3 aliphatic heterocycles. The Morgan fingerprint density at radius 2 is 1.59 bits per heavy atom. The Hall–Kier alpha value is -3.43. The van der Waals surface area contributed by atoms with E-state index in [2.05, 4.69) is 29.9 Å². The number of phosphoric acid groups is 2. The van der Waals surface area contributed by atoms with Crippen LogP contribution in [0.2, 0.25) is 0 Å². The smallest absolute Gasteiger partial charge is 0.369 e. The van der Waals surface area contributed by atoms with Crippen molar-refractivity contribution in [1.29, 1.82) is 0 Å². The minimum Gasteiger partial charge on any atom is -0.369 e. The second kappa shape index (κ2) is 10.6. The van der Waals surface area contributed by atoms with Crippen molar-refractivity contribution in [3.8, 4) is 0 Å². The van der Waals surface area contributed by atoms with Gasteiger partial charge in [-0.05, 0) is 0 Å². The Labute approximate surface area is 242 Å². The monoisotopic (exact) mass is 661 g/mol. The number of halogens is 1. The second-order valence-electron chi connectivity index (χ2n) is 9.97. The first-order chi connectivity index (χ1) is 20.9. The van der Waals surface area contributed by atoms with Gasteiger partial charge in [-0.25, -0.2) is 28.5 Å². The molecule has 24 heteroatoms. The number of hydrogen-bond acceptors (Lipinski definition) is 15. The van der Waals surface area contributed by atoms with E-state index in [-0.39, 0.29) is 34.7 Å². The molecule has 6 N–H and O–H groups in total. The highest BCUT2D eigenvalue weighted by Crippen LogP contribution is 2.54. The van der Waals surface area contributed by atoms with Crippen LogP contribution in [0.4, 0.5) is 10.3 Å². The van der Waals surface area contributed by atoms with Gasteiger partial charge in [0.05, 0.1) is 38.3 Å². The third kappa shape index (κ3) is 5.17. The average molecular weight is 661 g/mol. The van der Waals surface area contributed by atoms with Crippen molar-refractivity contribution < 1.29 is 50.9 Å². The Morgan fingerprint density at radius 3 is 2.36 bits per heavy atom. The number of H-pyrrole nitrogens is 2. The highest BCUT2D eigenvalue weighted by atomic mass is 31.2. The van der Waals surface area contributed by atoms with Gasteiger partial charge in [0.15, 0.2) is 41.0 Å². The van der Waals surface area contributed by atoms with Gasteiger partial charge in [0.1, 0.15) is 18.3 Å². The van der Waals surface area contributed by atoms with Gasteiger partial charge in [-0.1, -0.05) is 0 Å². The fraction of sp³-hybridized carbons (Fsp3) is 0.500. The first kappa shape index (κ1) is 29.3. The van der Waals surface area contributed by atoms with Gasteiger partial charge in [-0.15, -0.1) is 0 Å². The number of hydrogen-bond donors (Lipinski definition) is 5. The maximum Gasteiger partial charge on any atom is 0.472 e. The molecule has 3 fully saturated rings. The Kier molecular flexibility index (Phi) is 7.05. The topological polar surface area (TPSA) is 283 Å². The summed E-state index contributed by atoms with van der Waals surface area (Å²) >= 11 is 0. The molecule has 0 aromatic carbocycles. The maximum atomic E-state index is 15.8. The van der Waals surface area contributed by atoms with Crippen LogP contribution in [0, 0.1) is 0 Å². The van der Waals surface area contributed by atoms with Crippen LogP contribution < -0.4 is 16.9 Å². The van der Waals surface area contributed by atoms with E-state index in [0.29, 0.717) is 0 Å². The molecule has 236 valence electrons. The Bertz CT molecular complexity index is 1970. The molecule has 4 aromatic heterocycles. The number of anilines is 1. The fourth-order valence-corrected chi connectivity index (χ4v) is 7.15. The number of phosphoric ester groups is 2. The standard InChI is InChI=1S/C20H22FN9O12P2/c21-10-13-9(40-19(10)29-5-25-11-14(29)23-4-24-16(11)31)3-38-43(33,34)41-8-1-7(2-37-44(35,36)42-13)39-18(8)30-6-26-12-15(30)27-20(22)28-17(12)32/h4-10,13,18-19H,1-3H2,(H,33,34)(H,35,36)(H,23,24,31)(H3,22,27,28,32)/t7-,8+,9+,10+,13+,18+,19+/m0/s1. The van der Waals surface area contributed by atoms with Gasteiger partial charge >= 0.3 is 15.6 Å². The molecule has 7 heterocycles. The largest absolute Gasteiger partial charge is 0.472 e. The van der Waals surface area contributed by atoms with Crippen LogP contribution in [-0.4, -0.2) is 92.6 Å². The molecule has 7 rings (SSSR count).